The Balaban J connectivity index is 0.00000392. The summed E-state index contributed by atoms with van der Waals surface area (Å²) >= 11 is 0. The van der Waals surface area contributed by atoms with Gasteiger partial charge in [-0.15, -0.1) is 24.0 Å². The van der Waals surface area contributed by atoms with Gasteiger partial charge in [-0.1, -0.05) is 39.0 Å². The van der Waals surface area contributed by atoms with E-state index in [2.05, 4.69) is 60.4 Å². The number of benzene rings is 1. The van der Waals surface area contributed by atoms with E-state index in [4.69, 9.17) is 4.74 Å². The number of ether oxygens (including phenoxy) is 1. The summed E-state index contributed by atoms with van der Waals surface area (Å²) in [5, 5.41) is 8.08. The SMILES string of the molecule is CN=C(NCC(C)c1ccccc1OC)N(C)Cc1cn(C)nc1C(C)C.I. The molecule has 0 saturated heterocycles. The fraction of sp³-hybridized carbons (Fsp3) is 0.524. The van der Waals surface area contributed by atoms with Crippen LogP contribution in [0.3, 0.4) is 0 Å². The molecule has 1 heterocycles. The van der Waals surface area contributed by atoms with Crippen LogP contribution in [-0.4, -0.2) is 48.4 Å². The van der Waals surface area contributed by atoms with Crippen LogP contribution in [0.15, 0.2) is 35.5 Å². The number of nitrogens with one attached hydrogen (secondary N) is 1. The lowest BCUT2D eigenvalue weighted by Crippen LogP contribution is -2.40. The average molecular weight is 499 g/mol. The van der Waals surface area contributed by atoms with Crippen LogP contribution < -0.4 is 10.1 Å². The lowest BCUT2D eigenvalue weighted by atomic mass is 10.0. The molecule has 0 fully saturated rings. The maximum atomic E-state index is 5.49. The third-order valence-electron chi connectivity index (χ3n) is 4.70. The summed E-state index contributed by atoms with van der Waals surface area (Å²) in [6.45, 7) is 8.09. The van der Waals surface area contributed by atoms with Crippen LogP contribution in [0, 0.1) is 0 Å². The zero-order valence-corrected chi connectivity index (χ0v) is 20.4. The lowest BCUT2D eigenvalue weighted by Gasteiger charge is -2.24. The number of hydrogen-bond donors (Lipinski definition) is 1. The predicted octanol–water partition coefficient (Wildman–Crippen LogP) is 3.98. The van der Waals surface area contributed by atoms with Crippen LogP contribution in [-0.2, 0) is 13.6 Å². The average Bonchev–Trinajstić information content (AvgIpc) is 3.02. The summed E-state index contributed by atoms with van der Waals surface area (Å²) in [7, 11) is 7.56. The molecule has 0 amide bonds. The van der Waals surface area contributed by atoms with E-state index in [9.17, 15) is 0 Å². The highest BCUT2D eigenvalue weighted by Crippen LogP contribution is 2.25. The summed E-state index contributed by atoms with van der Waals surface area (Å²) in [6.07, 6.45) is 2.09. The third-order valence-corrected chi connectivity index (χ3v) is 4.70. The van der Waals surface area contributed by atoms with Crippen LogP contribution in [0.1, 0.15) is 49.4 Å². The largest absolute Gasteiger partial charge is 0.496 e. The van der Waals surface area contributed by atoms with E-state index in [0.29, 0.717) is 11.8 Å². The number of nitrogens with zero attached hydrogens (tertiary/aromatic N) is 4. The van der Waals surface area contributed by atoms with E-state index in [1.54, 1.807) is 7.11 Å². The van der Waals surface area contributed by atoms with Crippen molar-refractivity contribution in [3.63, 3.8) is 0 Å². The highest BCUT2D eigenvalue weighted by Gasteiger charge is 2.16. The van der Waals surface area contributed by atoms with Crippen molar-refractivity contribution in [1.29, 1.82) is 0 Å². The van der Waals surface area contributed by atoms with E-state index in [0.717, 1.165) is 30.5 Å². The maximum absolute atomic E-state index is 5.49. The predicted molar refractivity (Wildman–Crippen MR) is 127 cm³/mol. The van der Waals surface area contributed by atoms with Crippen molar-refractivity contribution < 1.29 is 4.74 Å². The molecule has 6 nitrogen and oxygen atoms in total. The Labute approximate surface area is 186 Å². The molecule has 1 unspecified atom stereocenters. The van der Waals surface area contributed by atoms with E-state index >= 15 is 0 Å². The van der Waals surface area contributed by atoms with Gasteiger partial charge in [-0.25, -0.2) is 0 Å². The minimum absolute atomic E-state index is 0. The first-order chi connectivity index (χ1) is 12.9. The van der Waals surface area contributed by atoms with Gasteiger partial charge in [0.15, 0.2) is 5.96 Å². The normalized spacial score (nSPS) is 12.5. The molecule has 0 saturated carbocycles. The molecule has 2 aromatic rings. The second-order valence-corrected chi connectivity index (χ2v) is 7.30. The topological polar surface area (TPSA) is 54.7 Å². The number of aliphatic imine (C=N–C) groups is 1. The van der Waals surface area contributed by atoms with Crippen LogP contribution >= 0.6 is 24.0 Å². The molecule has 0 aliphatic rings. The first-order valence-corrected chi connectivity index (χ1v) is 9.44. The van der Waals surface area contributed by atoms with Gasteiger partial charge in [-0.2, -0.15) is 5.10 Å². The van der Waals surface area contributed by atoms with Crippen LogP contribution in [0.4, 0.5) is 0 Å². The molecule has 156 valence electrons. The number of guanidine groups is 1. The van der Waals surface area contributed by atoms with Crippen LogP contribution in [0.5, 0.6) is 5.75 Å². The lowest BCUT2D eigenvalue weighted by molar-refractivity contribution is 0.405. The van der Waals surface area contributed by atoms with Gasteiger partial charge in [0.25, 0.3) is 0 Å². The van der Waals surface area contributed by atoms with E-state index in [1.165, 1.54) is 11.1 Å². The Morgan fingerprint density at radius 3 is 2.57 bits per heavy atom. The zero-order chi connectivity index (χ0) is 20.0. The smallest absolute Gasteiger partial charge is 0.193 e. The van der Waals surface area contributed by atoms with Crippen molar-refractivity contribution in [3.05, 3.63) is 47.3 Å². The molecule has 1 N–H and O–H groups in total. The summed E-state index contributed by atoms with van der Waals surface area (Å²) < 4.78 is 7.37. The van der Waals surface area contributed by atoms with Crippen molar-refractivity contribution in [2.24, 2.45) is 12.0 Å². The summed E-state index contributed by atoms with van der Waals surface area (Å²) in [5.41, 5.74) is 3.57. The molecule has 1 aromatic heterocycles. The van der Waals surface area contributed by atoms with Crippen molar-refractivity contribution in [3.8, 4) is 5.75 Å². The maximum Gasteiger partial charge on any atom is 0.193 e. The number of aromatic nitrogens is 2. The first kappa shape index (κ1) is 24.3. The highest BCUT2D eigenvalue weighted by molar-refractivity contribution is 14.0. The van der Waals surface area contributed by atoms with E-state index in [1.807, 2.05) is 37.0 Å². The van der Waals surface area contributed by atoms with Crippen molar-refractivity contribution >= 4 is 29.9 Å². The monoisotopic (exact) mass is 499 g/mol. The molecule has 0 spiro atoms. The quantitative estimate of drug-likeness (QED) is 0.356. The second-order valence-electron chi connectivity index (χ2n) is 7.30. The van der Waals surface area contributed by atoms with E-state index < -0.39 is 0 Å². The van der Waals surface area contributed by atoms with Gasteiger partial charge in [-0.05, 0) is 17.5 Å². The van der Waals surface area contributed by atoms with Gasteiger partial charge < -0.3 is 15.0 Å². The highest BCUT2D eigenvalue weighted by atomic mass is 127. The van der Waals surface area contributed by atoms with Gasteiger partial charge in [0.2, 0.25) is 0 Å². The molecule has 1 atom stereocenters. The molecule has 0 aliphatic heterocycles. The van der Waals surface area contributed by atoms with Gasteiger partial charge in [-0.3, -0.25) is 9.67 Å². The van der Waals surface area contributed by atoms with Crippen LogP contribution in [0.2, 0.25) is 0 Å². The standard InChI is InChI=1S/C21H33N5O.HI/c1-15(2)20-17(14-26(6)24-20)13-25(5)21(22-4)23-12-16(3)18-10-8-9-11-19(18)27-7;/h8-11,14-16H,12-13H2,1-7H3,(H,22,23);1H. The number of halogens is 1. The molecule has 0 radical (unpaired) electrons. The minimum Gasteiger partial charge on any atom is -0.496 e. The number of hydrogen-bond acceptors (Lipinski definition) is 3. The summed E-state index contributed by atoms with van der Waals surface area (Å²) in [5.74, 6) is 2.49. The van der Waals surface area contributed by atoms with Crippen LogP contribution in [0.25, 0.3) is 0 Å². The van der Waals surface area contributed by atoms with Crippen molar-refractivity contribution in [2.45, 2.75) is 39.2 Å². The molecule has 1 aromatic carbocycles. The van der Waals surface area contributed by atoms with Gasteiger partial charge >= 0.3 is 0 Å². The number of rotatable bonds is 7. The van der Waals surface area contributed by atoms with Crippen molar-refractivity contribution in [2.75, 3.05) is 27.7 Å². The first-order valence-electron chi connectivity index (χ1n) is 9.44. The van der Waals surface area contributed by atoms with Gasteiger partial charge in [0.1, 0.15) is 5.75 Å². The Morgan fingerprint density at radius 2 is 1.96 bits per heavy atom. The number of aryl methyl sites for hydroxylation is 1. The second kappa shape index (κ2) is 11.3. The van der Waals surface area contributed by atoms with Gasteiger partial charge in [0, 0.05) is 51.9 Å². The third kappa shape index (κ3) is 6.12. The molecule has 0 bridgehead atoms. The molecule has 7 heteroatoms. The Bertz CT molecular complexity index is 772. The number of methoxy groups -OCH3 is 1. The molecular formula is C21H34IN5O. The van der Waals surface area contributed by atoms with Gasteiger partial charge in [0.05, 0.1) is 12.8 Å². The number of para-hydroxylation sites is 1. The molecule has 0 aliphatic carbocycles. The Hall–Kier alpha value is -1.77. The fourth-order valence-electron chi connectivity index (χ4n) is 3.31. The Kier molecular flexibility index (Phi) is 9.78. The minimum atomic E-state index is 0. The van der Waals surface area contributed by atoms with Crippen molar-refractivity contribution in [1.82, 2.24) is 20.0 Å². The zero-order valence-electron chi connectivity index (χ0n) is 18.1. The molecule has 2 rings (SSSR count). The fourth-order valence-corrected chi connectivity index (χ4v) is 3.31. The molecular weight excluding hydrogens is 465 g/mol. The molecule has 28 heavy (non-hydrogen) atoms. The summed E-state index contributed by atoms with van der Waals surface area (Å²) in [4.78, 5) is 6.58. The van der Waals surface area contributed by atoms with E-state index in [-0.39, 0.29) is 24.0 Å². The summed E-state index contributed by atoms with van der Waals surface area (Å²) in [6, 6.07) is 8.16. The Morgan fingerprint density at radius 1 is 1.29 bits per heavy atom.